The van der Waals surface area contributed by atoms with Crippen LogP contribution in [0.5, 0.6) is 5.75 Å². The topological polar surface area (TPSA) is 85.1 Å². The molecule has 2 aliphatic rings. The van der Waals surface area contributed by atoms with Gasteiger partial charge >= 0.3 is 0 Å². The molecular formula is C20H30ClN3O4. The van der Waals surface area contributed by atoms with Gasteiger partial charge in [0.25, 0.3) is 5.91 Å². The fraction of sp³-hybridized carbons (Fsp3) is 0.600. The Morgan fingerprint density at radius 3 is 2.32 bits per heavy atom. The molecule has 0 saturated carbocycles. The van der Waals surface area contributed by atoms with Crippen molar-refractivity contribution < 1.29 is 19.1 Å². The maximum absolute atomic E-state index is 13.1. The number of benzene rings is 1. The Kier molecular flexibility index (Phi) is 8.10. The van der Waals surface area contributed by atoms with Crippen molar-refractivity contribution in [3.63, 3.8) is 0 Å². The van der Waals surface area contributed by atoms with Crippen LogP contribution in [0.3, 0.4) is 0 Å². The van der Waals surface area contributed by atoms with Crippen LogP contribution in [0.15, 0.2) is 24.3 Å². The second-order valence-corrected chi connectivity index (χ2v) is 7.11. The van der Waals surface area contributed by atoms with Gasteiger partial charge < -0.3 is 25.0 Å². The highest BCUT2D eigenvalue weighted by Crippen LogP contribution is 2.32. The smallest absolute Gasteiger partial charge is 0.257 e. The van der Waals surface area contributed by atoms with E-state index in [0.29, 0.717) is 76.7 Å². The molecule has 3 rings (SSSR count). The number of halogens is 1. The number of nitrogens with zero attached hydrogens (tertiary/aromatic N) is 2. The second-order valence-electron chi connectivity index (χ2n) is 7.11. The van der Waals surface area contributed by atoms with Gasteiger partial charge in [0, 0.05) is 45.9 Å². The monoisotopic (exact) mass is 411 g/mol. The molecule has 156 valence electrons. The van der Waals surface area contributed by atoms with Gasteiger partial charge in [0.1, 0.15) is 5.75 Å². The van der Waals surface area contributed by atoms with Crippen molar-refractivity contribution in [2.45, 2.75) is 19.8 Å². The van der Waals surface area contributed by atoms with Gasteiger partial charge in [-0.25, -0.2) is 0 Å². The maximum atomic E-state index is 13.1. The molecule has 1 aromatic carbocycles. The van der Waals surface area contributed by atoms with Crippen molar-refractivity contribution in [1.29, 1.82) is 0 Å². The summed E-state index contributed by atoms with van der Waals surface area (Å²) in [7, 11) is 0. The van der Waals surface area contributed by atoms with Crippen LogP contribution in [-0.2, 0) is 9.53 Å². The van der Waals surface area contributed by atoms with Crippen LogP contribution in [-0.4, -0.2) is 74.2 Å². The molecule has 0 unspecified atom stereocenters. The molecular weight excluding hydrogens is 382 g/mol. The van der Waals surface area contributed by atoms with Crippen LogP contribution in [0.25, 0.3) is 0 Å². The second kappa shape index (κ2) is 10.1. The first-order valence-corrected chi connectivity index (χ1v) is 9.69. The average molecular weight is 412 g/mol. The molecule has 2 heterocycles. The Balaban J connectivity index is 0.00000280. The maximum Gasteiger partial charge on any atom is 0.257 e. The summed E-state index contributed by atoms with van der Waals surface area (Å²) in [6, 6.07) is 7.30. The lowest BCUT2D eigenvalue weighted by Crippen LogP contribution is -2.57. The first kappa shape index (κ1) is 22.5. The minimum absolute atomic E-state index is 0. The van der Waals surface area contributed by atoms with Gasteiger partial charge in [-0.05, 0) is 31.9 Å². The predicted molar refractivity (Wildman–Crippen MR) is 109 cm³/mol. The van der Waals surface area contributed by atoms with Gasteiger partial charge in [0.2, 0.25) is 5.91 Å². The number of amides is 2. The third kappa shape index (κ3) is 4.59. The van der Waals surface area contributed by atoms with Crippen molar-refractivity contribution in [3.8, 4) is 5.75 Å². The Hall–Kier alpha value is -1.83. The van der Waals surface area contributed by atoms with Gasteiger partial charge in [-0.1, -0.05) is 12.1 Å². The first-order chi connectivity index (χ1) is 13.1. The lowest BCUT2D eigenvalue weighted by atomic mass is 9.78. The van der Waals surface area contributed by atoms with Crippen LogP contribution < -0.4 is 10.5 Å². The predicted octanol–water partition coefficient (Wildman–Crippen LogP) is 1.55. The van der Waals surface area contributed by atoms with E-state index in [0.717, 1.165) is 0 Å². The molecule has 28 heavy (non-hydrogen) atoms. The summed E-state index contributed by atoms with van der Waals surface area (Å²) in [5.74, 6) is 0.661. The fourth-order valence-electron chi connectivity index (χ4n) is 3.81. The molecule has 0 aromatic heterocycles. The highest BCUT2D eigenvalue weighted by Gasteiger charge is 2.42. The number of carbonyl (C=O) groups is 2. The highest BCUT2D eigenvalue weighted by molar-refractivity contribution is 5.97. The lowest BCUT2D eigenvalue weighted by molar-refractivity contribution is -0.148. The summed E-state index contributed by atoms with van der Waals surface area (Å²) in [6.45, 7) is 6.01. The molecule has 2 saturated heterocycles. The SMILES string of the molecule is CCOc1ccccc1C(=O)N1CCN(C(=O)C2(CN)CCOCC2)CC1.Cl. The van der Waals surface area contributed by atoms with E-state index in [-0.39, 0.29) is 24.2 Å². The number of para-hydroxylation sites is 1. The van der Waals surface area contributed by atoms with Crippen LogP contribution in [0.4, 0.5) is 0 Å². The molecule has 1 aromatic rings. The lowest BCUT2D eigenvalue weighted by Gasteiger charge is -2.42. The number of piperazine rings is 1. The number of rotatable bonds is 5. The molecule has 2 amide bonds. The molecule has 0 aliphatic carbocycles. The third-order valence-corrected chi connectivity index (χ3v) is 5.57. The van der Waals surface area contributed by atoms with Gasteiger partial charge in [-0.3, -0.25) is 9.59 Å². The third-order valence-electron chi connectivity index (χ3n) is 5.57. The normalized spacial score (nSPS) is 18.9. The highest BCUT2D eigenvalue weighted by atomic mass is 35.5. The van der Waals surface area contributed by atoms with E-state index in [1.54, 1.807) is 11.0 Å². The Labute approximate surface area is 172 Å². The molecule has 2 N–H and O–H groups in total. The van der Waals surface area contributed by atoms with Gasteiger partial charge in [-0.2, -0.15) is 0 Å². The van der Waals surface area contributed by atoms with Crippen molar-refractivity contribution >= 4 is 24.2 Å². The summed E-state index contributed by atoms with van der Waals surface area (Å²) < 4.78 is 11.0. The molecule has 2 aliphatic heterocycles. The summed E-state index contributed by atoms with van der Waals surface area (Å²) in [5.41, 5.74) is 6.02. The Bertz CT molecular complexity index is 671. The zero-order valence-electron chi connectivity index (χ0n) is 16.4. The van der Waals surface area contributed by atoms with E-state index in [9.17, 15) is 9.59 Å². The van der Waals surface area contributed by atoms with E-state index >= 15 is 0 Å². The quantitative estimate of drug-likeness (QED) is 0.794. The molecule has 0 spiro atoms. The van der Waals surface area contributed by atoms with Crippen LogP contribution in [0.2, 0.25) is 0 Å². The minimum atomic E-state index is -0.508. The standard InChI is InChI=1S/C20H29N3O4.ClH/c1-2-27-17-6-4-3-5-16(17)18(24)22-9-11-23(12-10-22)19(25)20(15-21)7-13-26-14-8-20;/h3-6H,2,7-15,21H2,1H3;1H. The molecule has 0 bridgehead atoms. The summed E-state index contributed by atoms with van der Waals surface area (Å²) in [5, 5.41) is 0. The van der Waals surface area contributed by atoms with Crippen molar-refractivity contribution in [3.05, 3.63) is 29.8 Å². The fourth-order valence-corrected chi connectivity index (χ4v) is 3.81. The van der Waals surface area contributed by atoms with Gasteiger partial charge in [0.15, 0.2) is 0 Å². The summed E-state index contributed by atoms with van der Waals surface area (Å²) in [6.07, 6.45) is 1.34. The summed E-state index contributed by atoms with van der Waals surface area (Å²) in [4.78, 5) is 29.6. The van der Waals surface area contributed by atoms with E-state index in [1.807, 2.05) is 30.0 Å². The Morgan fingerprint density at radius 1 is 1.11 bits per heavy atom. The number of nitrogens with two attached hydrogens (primary N) is 1. The number of carbonyl (C=O) groups excluding carboxylic acids is 2. The molecule has 0 radical (unpaired) electrons. The van der Waals surface area contributed by atoms with E-state index in [4.69, 9.17) is 15.2 Å². The van der Waals surface area contributed by atoms with E-state index in [2.05, 4.69) is 0 Å². The summed E-state index contributed by atoms with van der Waals surface area (Å²) >= 11 is 0. The number of hydrogen-bond donors (Lipinski definition) is 1. The van der Waals surface area contributed by atoms with Crippen LogP contribution in [0, 0.1) is 5.41 Å². The van der Waals surface area contributed by atoms with Crippen LogP contribution in [0.1, 0.15) is 30.1 Å². The van der Waals surface area contributed by atoms with Crippen LogP contribution >= 0.6 is 12.4 Å². The average Bonchev–Trinajstić information content (AvgIpc) is 2.74. The minimum Gasteiger partial charge on any atom is -0.493 e. The molecule has 0 atom stereocenters. The van der Waals surface area contributed by atoms with Crippen molar-refractivity contribution in [1.82, 2.24) is 9.80 Å². The van der Waals surface area contributed by atoms with E-state index in [1.165, 1.54) is 0 Å². The zero-order chi connectivity index (χ0) is 19.3. The molecule has 2 fully saturated rings. The van der Waals surface area contributed by atoms with Crippen molar-refractivity contribution in [2.24, 2.45) is 11.1 Å². The Morgan fingerprint density at radius 2 is 1.71 bits per heavy atom. The molecule has 7 nitrogen and oxygen atoms in total. The van der Waals surface area contributed by atoms with Gasteiger partial charge in [0.05, 0.1) is 17.6 Å². The molecule has 8 heteroatoms. The van der Waals surface area contributed by atoms with E-state index < -0.39 is 5.41 Å². The largest absolute Gasteiger partial charge is 0.493 e. The zero-order valence-corrected chi connectivity index (χ0v) is 17.2. The number of ether oxygens (including phenoxy) is 2. The first-order valence-electron chi connectivity index (χ1n) is 9.69. The van der Waals surface area contributed by atoms with Crippen molar-refractivity contribution in [2.75, 3.05) is 52.5 Å². The number of hydrogen-bond acceptors (Lipinski definition) is 5. The van der Waals surface area contributed by atoms with Gasteiger partial charge in [-0.15, -0.1) is 12.4 Å².